The summed E-state index contributed by atoms with van der Waals surface area (Å²) in [6.45, 7) is 0. The predicted molar refractivity (Wildman–Crippen MR) is 107 cm³/mol. The Balaban J connectivity index is 1.56. The second-order valence-corrected chi connectivity index (χ2v) is 6.89. The van der Waals surface area contributed by atoms with E-state index in [1.54, 1.807) is 30.6 Å². The number of hydrogen-bond donors (Lipinski definition) is 0. The van der Waals surface area contributed by atoms with Crippen LogP contribution in [0.3, 0.4) is 0 Å². The fraction of sp³-hybridized carbons (Fsp3) is 0.0455. The van der Waals surface area contributed by atoms with Gasteiger partial charge in [-0.1, -0.05) is 48.6 Å². The molecule has 4 aromatic rings. The van der Waals surface area contributed by atoms with E-state index in [1.165, 1.54) is 12.1 Å². The minimum Gasteiger partial charge on any atom is -0.497 e. The predicted octanol–water partition coefficient (Wildman–Crippen LogP) is 6.28. The molecule has 0 fully saturated rings. The van der Waals surface area contributed by atoms with Crippen molar-refractivity contribution in [2.75, 3.05) is 7.11 Å². The zero-order valence-corrected chi connectivity index (χ0v) is 15.0. The molecule has 0 radical (unpaired) electrons. The summed E-state index contributed by atoms with van der Waals surface area (Å²) in [5.74, 6) is 0.619. The lowest BCUT2D eigenvalue weighted by molar-refractivity contribution is 0.415. The van der Waals surface area contributed by atoms with E-state index >= 15 is 0 Å². The van der Waals surface area contributed by atoms with Crippen LogP contribution in [0.2, 0.25) is 0 Å². The molecule has 0 spiro atoms. The van der Waals surface area contributed by atoms with Crippen molar-refractivity contribution in [1.82, 2.24) is 4.98 Å². The lowest BCUT2D eigenvalue weighted by Gasteiger charge is -1.98. The summed E-state index contributed by atoms with van der Waals surface area (Å²) in [7, 11) is 1.67. The first-order chi connectivity index (χ1) is 12.7. The first-order valence-electron chi connectivity index (χ1n) is 8.20. The molecule has 1 heterocycles. The van der Waals surface area contributed by atoms with Crippen molar-refractivity contribution < 1.29 is 9.13 Å². The summed E-state index contributed by atoms with van der Waals surface area (Å²) in [5.41, 5.74) is 4.12. The number of rotatable bonds is 4. The first kappa shape index (κ1) is 16.5. The van der Waals surface area contributed by atoms with Crippen LogP contribution in [0.5, 0.6) is 5.75 Å². The van der Waals surface area contributed by atoms with Gasteiger partial charge in [-0.15, -0.1) is 11.3 Å². The average Bonchev–Trinajstić information content (AvgIpc) is 3.11. The van der Waals surface area contributed by atoms with Gasteiger partial charge in [-0.2, -0.15) is 0 Å². The highest BCUT2D eigenvalue weighted by molar-refractivity contribution is 7.21. The number of benzene rings is 3. The Morgan fingerprint density at radius 2 is 1.54 bits per heavy atom. The standard InChI is InChI=1S/C22H16FNOS/c1-25-19-12-13-20-21(14-19)26-22(24-20)17-8-4-15(5-9-17)2-3-16-6-10-18(23)11-7-16/h2-14H,1H3. The minimum absolute atomic E-state index is 0.222. The highest BCUT2D eigenvalue weighted by Crippen LogP contribution is 2.32. The zero-order chi connectivity index (χ0) is 17.9. The van der Waals surface area contributed by atoms with Gasteiger partial charge in [0.25, 0.3) is 0 Å². The smallest absolute Gasteiger partial charge is 0.124 e. The number of fused-ring (bicyclic) bond motifs is 1. The molecule has 4 heteroatoms. The van der Waals surface area contributed by atoms with Gasteiger partial charge in [0.1, 0.15) is 16.6 Å². The molecule has 0 atom stereocenters. The van der Waals surface area contributed by atoms with E-state index in [0.717, 1.165) is 37.7 Å². The molecule has 0 amide bonds. The Morgan fingerprint density at radius 3 is 2.19 bits per heavy atom. The van der Waals surface area contributed by atoms with Gasteiger partial charge in [0, 0.05) is 5.56 Å². The Morgan fingerprint density at radius 1 is 0.885 bits per heavy atom. The summed E-state index contributed by atoms with van der Waals surface area (Å²) < 4.78 is 19.3. The molecule has 0 aliphatic carbocycles. The first-order valence-corrected chi connectivity index (χ1v) is 9.01. The van der Waals surface area contributed by atoms with Crippen LogP contribution in [0.25, 0.3) is 32.9 Å². The van der Waals surface area contributed by atoms with E-state index in [2.05, 4.69) is 24.3 Å². The van der Waals surface area contributed by atoms with Crippen molar-refractivity contribution in [3.05, 3.63) is 83.7 Å². The van der Waals surface area contributed by atoms with E-state index in [9.17, 15) is 4.39 Å². The molecule has 26 heavy (non-hydrogen) atoms. The molecule has 2 nitrogen and oxygen atoms in total. The molecular weight excluding hydrogens is 345 g/mol. The van der Waals surface area contributed by atoms with Crippen LogP contribution in [0, 0.1) is 5.82 Å². The van der Waals surface area contributed by atoms with Crippen LogP contribution in [-0.4, -0.2) is 12.1 Å². The Kier molecular flexibility index (Phi) is 4.50. The summed E-state index contributed by atoms with van der Waals surface area (Å²) in [6.07, 6.45) is 3.98. The van der Waals surface area contributed by atoms with E-state index < -0.39 is 0 Å². The second kappa shape index (κ2) is 7.10. The molecule has 0 unspecified atom stereocenters. The SMILES string of the molecule is COc1ccc2nc(-c3ccc(C=Cc4ccc(F)cc4)cc3)sc2c1. The van der Waals surface area contributed by atoms with Gasteiger partial charge in [0.15, 0.2) is 0 Å². The van der Waals surface area contributed by atoms with Crippen molar-refractivity contribution in [3.8, 4) is 16.3 Å². The Bertz CT molecular complexity index is 1070. The van der Waals surface area contributed by atoms with Crippen LogP contribution >= 0.6 is 11.3 Å². The van der Waals surface area contributed by atoms with Gasteiger partial charge in [0.2, 0.25) is 0 Å². The fourth-order valence-electron chi connectivity index (χ4n) is 2.66. The number of ether oxygens (including phenoxy) is 1. The molecule has 0 aliphatic heterocycles. The quantitative estimate of drug-likeness (QED) is 0.399. The highest BCUT2D eigenvalue weighted by Gasteiger charge is 2.07. The summed E-state index contributed by atoms with van der Waals surface area (Å²) in [5, 5.41) is 0.988. The Labute approximate surface area is 155 Å². The molecule has 1 aromatic heterocycles. The maximum atomic E-state index is 12.9. The number of thiazole rings is 1. The number of methoxy groups -OCH3 is 1. The number of halogens is 1. The topological polar surface area (TPSA) is 22.1 Å². The van der Waals surface area contributed by atoms with Crippen molar-refractivity contribution in [2.24, 2.45) is 0 Å². The Hall–Kier alpha value is -2.98. The van der Waals surface area contributed by atoms with Gasteiger partial charge in [0.05, 0.1) is 17.3 Å². The maximum Gasteiger partial charge on any atom is 0.124 e. The maximum absolute atomic E-state index is 12.9. The third kappa shape index (κ3) is 3.51. The van der Waals surface area contributed by atoms with Gasteiger partial charge in [-0.05, 0) is 41.5 Å². The molecule has 0 saturated carbocycles. The highest BCUT2D eigenvalue weighted by atomic mass is 32.1. The normalized spacial score (nSPS) is 11.3. The van der Waals surface area contributed by atoms with Crippen LogP contribution in [0.4, 0.5) is 4.39 Å². The molecular formula is C22H16FNOS. The third-order valence-corrected chi connectivity index (χ3v) is 5.16. The molecule has 4 rings (SSSR count). The minimum atomic E-state index is -0.222. The number of hydrogen-bond acceptors (Lipinski definition) is 3. The number of nitrogens with zero attached hydrogens (tertiary/aromatic N) is 1. The zero-order valence-electron chi connectivity index (χ0n) is 14.1. The van der Waals surface area contributed by atoms with E-state index in [1.807, 2.05) is 30.4 Å². The van der Waals surface area contributed by atoms with Crippen LogP contribution < -0.4 is 4.74 Å². The van der Waals surface area contributed by atoms with E-state index in [0.29, 0.717) is 0 Å². The monoisotopic (exact) mass is 361 g/mol. The molecule has 0 N–H and O–H groups in total. The molecule has 0 aliphatic rings. The summed E-state index contributed by atoms with van der Waals surface area (Å²) in [4.78, 5) is 4.70. The molecule has 0 bridgehead atoms. The van der Waals surface area contributed by atoms with E-state index in [4.69, 9.17) is 9.72 Å². The van der Waals surface area contributed by atoms with Crippen molar-refractivity contribution in [2.45, 2.75) is 0 Å². The average molecular weight is 361 g/mol. The second-order valence-electron chi connectivity index (χ2n) is 5.86. The lowest BCUT2D eigenvalue weighted by Crippen LogP contribution is -1.80. The van der Waals surface area contributed by atoms with E-state index in [-0.39, 0.29) is 5.82 Å². The number of aromatic nitrogens is 1. The summed E-state index contributed by atoms with van der Waals surface area (Å²) >= 11 is 1.65. The molecule has 0 saturated heterocycles. The molecule has 128 valence electrons. The van der Waals surface area contributed by atoms with Crippen LogP contribution in [0.1, 0.15) is 11.1 Å². The lowest BCUT2D eigenvalue weighted by atomic mass is 10.1. The van der Waals surface area contributed by atoms with Gasteiger partial charge in [-0.25, -0.2) is 9.37 Å². The third-order valence-electron chi connectivity index (χ3n) is 4.09. The van der Waals surface area contributed by atoms with Gasteiger partial charge in [-0.3, -0.25) is 0 Å². The van der Waals surface area contributed by atoms with Crippen molar-refractivity contribution in [1.29, 1.82) is 0 Å². The van der Waals surface area contributed by atoms with Gasteiger partial charge < -0.3 is 4.74 Å². The van der Waals surface area contributed by atoms with Crippen molar-refractivity contribution >= 4 is 33.7 Å². The largest absolute Gasteiger partial charge is 0.497 e. The van der Waals surface area contributed by atoms with Crippen LogP contribution in [-0.2, 0) is 0 Å². The fourth-order valence-corrected chi connectivity index (χ4v) is 3.66. The summed E-state index contributed by atoms with van der Waals surface area (Å²) in [6, 6.07) is 20.6. The van der Waals surface area contributed by atoms with Crippen LogP contribution in [0.15, 0.2) is 66.7 Å². The van der Waals surface area contributed by atoms with Crippen molar-refractivity contribution in [3.63, 3.8) is 0 Å². The molecule has 3 aromatic carbocycles. The van der Waals surface area contributed by atoms with Gasteiger partial charge >= 0.3 is 0 Å².